The first-order valence-electron chi connectivity index (χ1n) is 6.39. The summed E-state index contributed by atoms with van der Waals surface area (Å²) in [5.41, 5.74) is 0. The van der Waals surface area contributed by atoms with Crippen LogP contribution in [0.3, 0.4) is 0 Å². The zero-order valence-corrected chi connectivity index (χ0v) is 10.3. The highest BCUT2D eigenvalue weighted by Crippen LogP contribution is 2.37. The quantitative estimate of drug-likeness (QED) is 0.761. The van der Waals surface area contributed by atoms with Gasteiger partial charge in [-0.2, -0.15) is 13.2 Å². The molecule has 0 amide bonds. The van der Waals surface area contributed by atoms with Crippen LogP contribution in [0.2, 0.25) is 0 Å². The van der Waals surface area contributed by atoms with E-state index in [0.29, 0.717) is 13.1 Å². The lowest BCUT2D eigenvalue weighted by atomic mass is 9.85. The lowest BCUT2D eigenvalue weighted by molar-refractivity contribution is -0.204. The van der Waals surface area contributed by atoms with E-state index in [4.69, 9.17) is 5.11 Å². The Morgan fingerprint density at radius 2 is 2.00 bits per heavy atom. The maximum absolute atomic E-state index is 12.7. The van der Waals surface area contributed by atoms with E-state index in [1.165, 1.54) is 0 Å². The Morgan fingerprint density at radius 3 is 2.53 bits per heavy atom. The van der Waals surface area contributed by atoms with Gasteiger partial charge in [0.25, 0.3) is 0 Å². The molecule has 1 N–H and O–H groups in total. The van der Waals surface area contributed by atoms with Gasteiger partial charge in [-0.05, 0) is 25.9 Å². The highest BCUT2D eigenvalue weighted by Gasteiger charge is 2.46. The number of halogens is 3. The molecule has 0 aromatic rings. The highest BCUT2D eigenvalue weighted by atomic mass is 19.4. The van der Waals surface area contributed by atoms with Crippen LogP contribution in [0, 0.1) is 11.8 Å². The Morgan fingerprint density at radius 1 is 1.29 bits per heavy atom. The fourth-order valence-corrected chi connectivity index (χ4v) is 2.51. The second-order valence-electron chi connectivity index (χ2n) is 4.89. The Bertz CT molecular complexity index is 220. The van der Waals surface area contributed by atoms with E-state index in [-0.39, 0.29) is 13.0 Å². The molecule has 1 fully saturated rings. The first-order chi connectivity index (χ1) is 7.99. The SMILES string of the molecule is CCCCCN1CCC(C(F)(F)F)C(CO)C1. The van der Waals surface area contributed by atoms with Crippen LogP contribution < -0.4 is 0 Å². The summed E-state index contributed by atoms with van der Waals surface area (Å²) < 4.78 is 38.0. The van der Waals surface area contributed by atoms with Crippen LogP contribution in [0.25, 0.3) is 0 Å². The van der Waals surface area contributed by atoms with Crippen LogP contribution in [-0.4, -0.2) is 42.4 Å². The highest BCUT2D eigenvalue weighted by molar-refractivity contribution is 4.84. The summed E-state index contributed by atoms with van der Waals surface area (Å²) in [5.74, 6) is -1.97. The zero-order chi connectivity index (χ0) is 12.9. The number of rotatable bonds is 5. The average Bonchev–Trinajstić information content (AvgIpc) is 2.28. The Hall–Kier alpha value is -0.290. The van der Waals surface area contributed by atoms with E-state index in [0.717, 1.165) is 25.8 Å². The van der Waals surface area contributed by atoms with Gasteiger partial charge in [-0.25, -0.2) is 0 Å². The normalized spacial score (nSPS) is 27.4. The summed E-state index contributed by atoms with van der Waals surface area (Å²) >= 11 is 0. The molecule has 0 saturated carbocycles. The minimum Gasteiger partial charge on any atom is -0.396 e. The van der Waals surface area contributed by atoms with Gasteiger partial charge in [0.15, 0.2) is 0 Å². The van der Waals surface area contributed by atoms with Crippen LogP contribution in [0.5, 0.6) is 0 Å². The Labute approximate surface area is 101 Å². The van der Waals surface area contributed by atoms with Gasteiger partial charge in [0.2, 0.25) is 0 Å². The van der Waals surface area contributed by atoms with Crippen molar-refractivity contribution in [2.24, 2.45) is 11.8 Å². The van der Waals surface area contributed by atoms with Gasteiger partial charge in [0, 0.05) is 19.1 Å². The van der Waals surface area contributed by atoms with Crippen molar-refractivity contribution in [3.63, 3.8) is 0 Å². The first kappa shape index (κ1) is 14.8. The Kier molecular flexibility index (Phi) is 5.73. The number of hydrogen-bond acceptors (Lipinski definition) is 2. The fourth-order valence-electron chi connectivity index (χ4n) is 2.51. The summed E-state index contributed by atoms with van der Waals surface area (Å²) in [6, 6.07) is 0. The smallest absolute Gasteiger partial charge is 0.392 e. The van der Waals surface area contributed by atoms with E-state index in [9.17, 15) is 13.2 Å². The number of piperidine rings is 1. The number of hydrogen-bond donors (Lipinski definition) is 1. The number of aliphatic hydroxyl groups is 1. The molecule has 0 aliphatic carbocycles. The molecule has 1 rings (SSSR count). The van der Waals surface area contributed by atoms with E-state index in [1.807, 2.05) is 0 Å². The van der Waals surface area contributed by atoms with Gasteiger partial charge in [0.1, 0.15) is 0 Å². The molecule has 2 atom stereocenters. The summed E-state index contributed by atoms with van der Waals surface area (Å²) in [4.78, 5) is 2.05. The van der Waals surface area contributed by atoms with E-state index in [1.54, 1.807) is 0 Å². The molecule has 102 valence electrons. The molecule has 5 heteroatoms. The summed E-state index contributed by atoms with van der Waals surface area (Å²) in [6.45, 7) is 3.48. The monoisotopic (exact) mass is 253 g/mol. The van der Waals surface area contributed by atoms with Crippen LogP contribution in [0.1, 0.15) is 32.6 Å². The molecule has 0 aromatic carbocycles. The van der Waals surface area contributed by atoms with Gasteiger partial charge in [0.05, 0.1) is 5.92 Å². The maximum Gasteiger partial charge on any atom is 0.392 e. The number of unbranched alkanes of at least 4 members (excludes halogenated alkanes) is 2. The third-order valence-electron chi connectivity index (χ3n) is 3.55. The predicted octanol–water partition coefficient (Wildman–Crippen LogP) is 2.67. The lowest BCUT2D eigenvalue weighted by Crippen LogP contribution is -2.47. The molecule has 0 bridgehead atoms. The largest absolute Gasteiger partial charge is 0.396 e. The van der Waals surface area contributed by atoms with E-state index >= 15 is 0 Å². The van der Waals surface area contributed by atoms with Gasteiger partial charge in [-0.15, -0.1) is 0 Å². The maximum atomic E-state index is 12.7. The predicted molar refractivity (Wildman–Crippen MR) is 60.7 cm³/mol. The van der Waals surface area contributed by atoms with Gasteiger partial charge in [-0.3, -0.25) is 0 Å². The molecule has 1 aliphatic rings. The number of nitrogens with zero attached hydrogens (tertiary/aromatic N) is 1. The molecule has 2 nitrogen and oxygen atoms in total. The van der Waals surface area contributed by atoms with E-state index < -0.39 is 18.0 Å². The van der Waals surface area contributed by atoms with Crippen molar-refractivity contribution >= 4 is 0 Å². The number of likely N-dealkylation sites (tertiary alicyclic amines) is 1. The molecule has 1 saturated heterocycles. The second kappa shape index (κ2) is 6.59. The van der Waals surface area contributed by atoms with Crippen molar-refractivity contribution in [3.8, 4) is 0 Å². The van der Waals surface area contributed by atoms with Gasteiger partial charge >= 0.3 is 6.18 Å². The third-order valence-corrected chi connectivity index (χ3v) is 3.55. The van der Waals surface area contributed by atoms with Crippen LogP contribution in [-0.2, 0) is 0 Å². The van der Waals surface area contributed by atoms with Crippen molar-refractivity contribution < 1.29 is 18.3 Å². The molecule has 2 unspecified atom stereocenters. The van der Waals surface area contributed by atoms with Crippen molar-refractivity contribution in [3.05, 3.63) is 0 Å². The molecular formula is C12H22F3NO. The van der Waals surface area contributed by atoms with E-state index in [2.05, 4.69) is 11.8 Å². The van der Waals surface area contributed by atoms with Crippen LogP contribution in [0.4, 0.5) is 13.2 Å². The molecule has 1 aliphatic heterocycles. The standard InChI is InChI=1S/C12H22F3NO/c1-2-3-4-6-16-7-5-11(12(13,14)15)10(8-16)9-17/h10-11,17H,2-9H2,1H3. The molecule has 0 spiro atoms. The van der Waals surface area contributed by atoms with Crippen LogP contribution in [0.15, 0.2) is 0 Å². The molecule has 1 heterocycles. The van der Waals surface area contributed by atoms with Crippen molar-refractivity contribution in [2.75, 3.05) is 26.2 Å². The number of aliphatic hydroxyl groups excluding tert-OH is 1. The first-order valence-corrected chi connectivity index (χ1v) is 6.39. The Balaban J connectivity index is 2.43. The summed E-state index contributed by atoms with van der Waals surface area (Å²) in [5, 5.41) is 9.09. The fraction of sp³-hybridized carbons (Fsp3) is 1.00. The second-order valence-corrected chi connectivity index (χ2v) is 4.89. The average molecular weight is 253 g/mol. The minimum atomic E-state index is -4.16. The van der Waals surface area contributed by atoms with Crippen molar-refractivity contribution in [1.82, 2.24) is 4.90 Å². The molecular weight excluding hydrogens is 231 g/mol. The molecule has 0 aromatic heterocycles. The zero-order valence-electron chi connectivity index (χ0n) is 10.3. The number of alkyl halides is 3. The van der Waals surface area contributed by atoms with Crippen LogP contribution >= 0.6 is 0 Å². The van der Waals surface area contributed by atoms with Gasteiger partial charge < -0.3 is 10.0 Å². The van der Waals surface area contributed by atoms with Crippen molar-refractivity contribution in [1.29, 1.82) is 0 Å². The third kappa shape index (κ3) is 4.47. The molecule has 0 radical (unpaired) electrons. The van der Waals surface area contributed by atoms with Gasteiger partial charge in [-0.1, -0.05) is 19.8 Å². The minimum absolute atomic E-state index is 0.126. The lowest BCUT2D eigenvalue weighted by Gasteiger charge is -2.38. The molecule has 17 heavy (non-hydrogen) atoms. The topological polar surface area (TPSA) is 23.5 Å². The summed E-state index contributed by atoms with van der Waals surface area (Å²) in [6.07, 6.45) is -0.777. The van der Waals surface area contributed by atoms with Crippen molar-refractivity contribution in [2.45, 2.75) is 38.8 Å². The summed E-state index contributed by atoms with van der Waals surface area (Å²) in [7, 11) is 0.